The van der Waals surface area contributed by atoms with Crippen molar-refractivity contribution in [3.63, 3.8) is 0 Å². The zero-order chi connectivity index (χ0) is 9.38. The Labute approximate surface area is 84.3 Å². The molecule has 0 nitrogen and oxygen atoms in total. The summed E-state index contributed by atoms with van der Waals surface area (Å²) in [7, 11) is 0. The molecule has 0 saturated carbocycles. The van der Waals surface area contributed by atoms with E-state index >= 15 is 0 Å². The largest absolute Gasteiger partial charge is 0.115 e. The van der Waals surface area contributed by atoms with E-state index in [4.69, 9.17) is 0 Å². The molecule has 0 heterocycles. The Morgan fingerprint density at radius 3 is 3.00 bits per heavy atom. The maximum atomic E-state index is 2.26. The van der Waals surface area contributed by atoms with Crippen LogP contribution in [0.2, 0.25) is 0 Å². The van der Waals surface area contributed by atoms with Gasteiger partial charge in [-0.3, -0.25) is 0 Å². The van der Waals surface area contributed by atoms with Crippen molar-refractivity contribution in [1.82, 2.24) is 0 Å². The quantitative estimate of drug-likeness (QED) is 0.535. The van der Waals surface area contributed by atoms with Crippen molar-refractivity contribution in [2.75, 3.05) is 0 Å². The maximum absolute atomic E-state index is 2.26. The third-order valence-corrected chi connectivity index (χ3v) is 2.85. The van der Waals surface area contributed by atoms with E-state index in [2.05, 4.69) is 61.1 Å². The molecule has 0 spiro atoms. The number of hydrogen-bond acceptors (Lipinski definition) is 0. The van der Waals surface area contributed by atoms with Gasteiger partial charge in [0.05, 0.1) is 11.6 Å². The predicted octanol–water partition coefficient (Wildman–Crippen LogP) is 3.50. The summed E-state index contributed by atoms with van der Waals surface area (Å²) >= 11 is 0. The lowest BCUT2D eigenvalue weighted by Crippen LogP contribution is -2.06. The lowest BCUT2D eigenvalue weighted by molar-refractivity contribution is 0.995. The molecule has 1 unspecified atom stereocenters. The lowest BCUT2D eigenvalue weighted by atomic mass is 9.81. The molecular formula is C14H11+. The van der Waals surface area contributed by atoms with E-state index in [-0.39, 0.29) is 0 Å². The van der Waals surface area contributed by atoms with E-state index in [1.807, 2.05) is 0 Å². The molecule has 66 valence electrons. The molecular weight excluding hydrogens is 168 g/mol. The summed E-state index contributed by atoms with van der Waals surface area (Å²) in [6, 6.07) is 8.60. The van der Waals surface area contributed by atoms with Crippen LogP contribution in [-0.2, 0) is 0 Å². The smallest absolute Gasteiger partial charge is 0.0618 e. The molecule has 0 aromatic heterocycles. The SMILES string of the molecule is C1=CC2C(=C[CH+]1)C=Cc1ccccc12. The molecule has 0 fully saturated rings. The van der Waals surface area contributed by atoms with Crippen LogP contribution in [0.1, 0.15) is 17.0 Å². The van der Waals surface area contributed by atoms with Crippen LogP contribution in [0, 0.1) is 6.42 Å². The molecule has 0 heteroatoms. The van der Waals surface area contributed by atoms with Gasteiger partial charge < -0.3 is 0 Å². The van der Waals surface area contributed by atoms with E-state index in [0.717, 1.165) is 0 Å². The first kappa shape index (κ1) is 7.69. The molecule has 14 heavy (non-hydrogen) atoms. The number of allylic oxidation sites excluding steroid dienone is 5. The molecule has 0 amide bonds. The number of benzene rings is 1. The highest BCUT2D eigenvalue weighted by atomic mass is 14.2. The zero-order valence-electron chi connectivity index (χ0n) is 7.85. The fourth-order valence-corrected chi connectivity index (χ4v) is 2.13. The first-order chi connectivity index (χ1) is 6.95. The third-order valence-electron chi connectivity index (χ3n) is 2.85. The fourth-order valence-electron chi connectivity index (χ4n) is 2.13. The minimum atomic E-state index is 0.473. The average Bonchev–Trinajstić information content (AvgIpc) is 2.29. The van der Waals surface area contributed by atoms with Gasteiger partial charge in [-0.15, -0.1) is 0 Å². The van der Waals surface area contributed by atoms with Crippen molar-refractivity contribution in [2.45, 2.75) is 5.92 Å². The molecule has 0 radical (unpaired) electrons. The van der Waals surface area contributed by atoms with Crippen molar-refractivity contribution in [2.24, 2.45) is 0 Å². The molecule has 2 aliphatic carbocycles. The second-order valence-electron chi connectivity index (χ2n) is 3.68. The van der Waals surface area contributed by atoms with Crippen LogP contribution >= 0.6 is 0 Å². The van der Waals surface area contributed by atoms with Gasteiger partial charge in [0.25, 0.3) is 0 Å². The minimum absolute atomic E-state index is 0.473. The second kappa shape index (κ2) is 2.91. The average molecular weight is 179 g/mol. The first-order valence-electron chi connectivity index (χ1n) is 4.94. The van der Waals surface area contributed by atoms with Gasteiger partial charge in [0.1, 0.15) is 5.92 Å². The standard InChI is InChI=1S/C14H11/c1-3-7-13-11(5-1)9-10-12-6-2-4-8-14(12)13/h1-10,13H/q+1. The van der Waals surface area contributed by atoms with Crippen LogP contribution in [-0.4, -0.2) is 0 Å². The van der Waals surface area contributed by atoms with Crippen molar-refractivity contribution in [3.05, 3.63) is 71.7 Å². The summed E-state index contributed by atoms with van der Waals surface area (Å²) in [6.45, 7) is 0. The Morgan fingerprint density at radius 1 is 1.07 bits per heavy atom. The van der Waals surface area contributed by atoms with E-state index in [9.17, 15) is 0 Å². The second-order valence-corrected chi connectivity index (χ2v) is 3.68. The van der Waals surface area contributed by atoms with Gasteiger partial charge in [0, 0.05) is 18.6 Å². The lowest BCUT2D eigenvalue weighted by Gasteiger charge is -2.17. The summed E-state index contributed by atoms with van der Waals surface area (Å²) in [4.78, 5) is 0. The first-order valence-corrected chi connectivity index (χ1v) is 4.94. The monoisotopic (exact) mass is 179 g/mol. The molecule has 0 bridgehead atoms. The minimum Gasteiger partial charge on any atom is -0.0618 e. The van der Waals surface area contributed by atoms with Crippen molar-refractivity contribution in [1.29, 1.82) is 0 Å². The summed E-state index contributed by atoms with van der Waals surface area (Å²) in [5, 5.41) is 0. The zero-order valence-corrected chi connectivity index (χ0v) is 7.85. The Bertz CT molecular complexity index is 447. The molecule has 0 saturated heterocycles. The Kier molecular flexibility index (Phi) is 1.60. The van der Waals surface area contributed by atoms with Gasteiger partial charge in [-0.2, -0.15) is 0 Å². The van der Waals surface area contributed by atoms with E-state index in [1.165, 1.54) is 16.7 Å². The number of hydrogen-bond donors (Lipinski definition) is 0. The molecule has 3 rings (SSSR count). The highest BCUT2D eigenvalue weighted by molar-refractivity contribution is 5.66. The summed E-state index contributed by atoms with van der Waals surface area (Å²) < 4.78 is 0. The van der Waals surface area contributed by atoms with Crippen LogP contribution in [0.4, 0.5) is 0 Å². The number of fused-ring (bicyclic) bond motifs is 3. The van der Waals surface area contributed by atoms with Crippen molar-refractivity contribution in [3.8, 4) is 0 Å². The van der Waals surface area contributed by atoms with Gasteiger partial charge >= 0.3 is 0 Å². The Hall–Kier alpha value is -1.69. The molecule has 2 aliphatic rings. The Balaban J connectivity index is 2.19. The highest BCUT2D eigenvalue weighted by Crippen LogP contribution is 2.36. The van der Waals surface area contributed by atoms with E-state index in [1.54, 1.807) is 0 Å². The molecule has 1 aromatic carbocycles. The topological polar surface area (TPSA) is 0 Å². The fraction of sp³-hybridized carbons (Fsp3) is 0.0714. The summed E-state index contributed by atoms with van der Waals surface area (Å²) in [5.74, 6) is 0.473. The van der Waals surface area contributed by atoms with Gasteiger partial charge in [-0.25, -0.2) is 0 Å². The van der Waals surface area contributed by atoms with E-state index in [0.29, 0.717) is 5.92 Å². The molecule has 1 atom stereocenters. The van der Waals surface area contributed by atoms with Gasteiger partial charge in [0.15, 0.2) is 0 Å². The van der Waals surface area contributed by atoms with Crippen molar-refractivity contribution < 1.29 is 0 Å². The molecule has 0 N–H and O–H groups in total. The normalized spacial score (nSPS) is 22.0. The Morgan fingerprint density at radius 2 is 2.00 bits per heavy atom. The highest BCUT2D eigenvalue weighted by Gasteiger charge is 2.25. The van der Waals surface area contributed by atoms with E-state index < -0.39 is 0 Å². The van der Waals surface area contributed by atoms with Crippen molar-refractivity contribution >= 4 is 6.08 Å². The van der Waals surface area contributed by atoms with Gasteiger partial charge in [-0.1, -0.05) is 24.3 Å². The number of rotatable bonds is 0. The van der Waals surface area contributed by atoms with Crippen LogP contribution in [0.15, 0.2) is 54.1 Å². The van der Waals surface area contributed by atoms with Gasteiger partial charge in [-0.05, 0) is 23.3 Å². The summed E-state index contributed by atoms with van der Waals surface area (Å²) in [5.41, 5.74) is 4.16. The van der Waals surface area contributed by atoms with Crippen LogP contribution in [0.3, 0.4) is 0 Å². The molecule has 0 aliphatic heterocycles. The van der Waals surface area contributed by atoms with Gasteiger partial charge in [0.2, 0.25) is 0 Å². The summed E-state index contributed by atoms with van der Waals surface area (Å²) in [6.07, 6.45) is 13.1. The van der Waals surface area contributed by atoms with Crippen LogP contribution < -0.4 is 0 Å². The third kappa shape index (κ3) is 1.04. The predicted molar refractivity (Wildman–Crippen MR) is 59.7 cm³/mol. The van der Waals surface area contributed by atoms with Crippen LogP contribution in [0.5, 0.6) is 0 Å². The maximum Gasteiger partial charge on any atom is 0.115 e. The molecule has 1 aromatic rings. The van der Waals surface area contributed by atoms with Crippen LogP contribution in [0.25, 0.3) is 6.08 Å².